The summed E-state index contributed by atoms with van der Waals surface area (Å²) in [5.41, 5.74) is 3.40. The first-order chi connectivity index (χ1) is 17.6. The predicted molar refractivity (Wildman–Crippen MR) is 154 cm³/mol. The van der Waals surface area contributed by atoms with Crippen molar-refractivity contribution in [1.82, 2.24) is 14.7 Å². The van der Waals surface area contributed by atoms with E-state index in [4.69, 9.17) is 21.4 Å². The van der Waals surface area contributed by atoms with Crippen molar-refractivity contribution in [2.45, 2.75) is 38.1 Å². The van der Waals surface area contributed by atoms with E-state index in [1.165, 1.54) is 5.56 Å². The molecule has 2 heterocycles. The highest BCUT2D eigenvalue weighted by Crippen LogP contribution is 2.24. The van der Waals surface area contributed by atoms with Crippen LogP contribution in [-0.2, 0) is 12.8 Å². The minimum atomic E-state index is 0. The van der Waals surface area contributed by atoms with Crippen LogP contribution in [0.25, 0.3) is 10.8 Å². The highest BCUT2D eigenvalue weighted by atomic mass is 35.5. The molecule has 4 aromatic rings. The smallest absolute Gasteiger partial charge is 0.274 e. The topological polar surface area (TPSA) is 47.4 Å². The molecule has 0 radical (unpaired) electrons. The van der Waals surface area contributed by atoms with Gasteiger partial charge in [-0.15, -0.1) is 12.4 Å². The average Bonchev–Trinajstić information content (AvgIpc) is 3.16. The summed E-state index contributed by atoms with van der Waals surface area (Å²) in [4.78, 5) is 16.0. The molecule has 1 aliphatic rings. The lowest BCUT2D eigenvalue weighted by molar-refractivity contribution is 0.281. The van der Waals surface area contributed by atoms with Crippen molar-refractivity contribution in [2.75, 3.05) is 26.7 Å². The van der Waals surface area contributed by atoms with E-state index in [-0.39, 0.29) is 24.0 Å². The molecule has 7 heteroatoms. The first kappa shape index (κ1) is 27.2. The Balaban J connectivity index is 0.00000320. The van der Waals surface area contributed by atoms with Gasteiger partial charge in [0.05, 0.1) is 24.2 Å². The van der Waals surface area contributed by atoms with E-state index in [2.05, 4.69) is 17.0 Å². The molecule has 5 rings (SSSR count). The zero-order valence-corrected chi connectivity index (χ0v) is 22.7. The van der Waals surface area contributed by atoms with Gasteiger partial charge in [-0.05, 0) is 73.7 Å². The third-order valence-electron chi connectivity index (χ3n) is 7.20. The number of halogens is 2. The Kier molecular flexibility index (Phi) is 9.25. The third-order valence-corrected chi connectivity index (χ3v) is 7.45. The first-order valence-corrected chi connectivity index (χ1v) is 13.1. The molecule has 1 saturated heterocycles. The summed E-state index contributed by atoms with van der Waals surface area (Å²) < 4.78 is 7.05. The van der Waals surface area contributed by atoms with Crippen molar-refractivity contribution >= 4 is 34.8 Å². The summed E-state index contributed by atoms with van der Waals surface area (Å²) in [7, 11) is 1.69. The Bertz CT molecular complexity index is 1370. The number of likely N-dealkylation sites (tertiary alicyclic amines) is 1. The van der Waals surface area contributed by atoms with Gasteiger partial charge >= 0.3 is 0 Å². The number of ether oxygens (including phenoxy) is 1. The molecule has 3 aromatic carbocycles. The molecule has 0 N–H and O–H groups in total. The number of hydrogen-bond donors (Lipinski definition) is 0. The van der Waals surface area contributed by atoms with E-state index >= 15 is 0 Å². The molecule has 5 nitrogen and oxygen atoms in total. The zero-order valence-electron chi connectivity index (χ0n) is 21.1. The Hall–Kier alpha value is -2.86. The minimum absolute atomic E-state index is 0. The molecule has 0 aliphatic carbocycles. The molecule has 1 fully saturated rings. The lowest BCUT2D eigenvalue weighted by Gasteiger charge is -2.21. The highest BCUT2D eigenvalue weighted by Gasteiger charge is 2.22. The maximum atomic E-state index is 13.5. The Morgan fingerprint density at radius 2 is 1.62 bits per heavy atom. The van der Waals surface area contributed by atoms with Crippen molar-refractivity contribution < 1.29 is 4.74 Å². The van der Waals surface area contributed by atoms with Crippen LogP contribution in [0.5, 0.6) is 5.75 Å². The van der Waals surface area contributed by atoms with Crippen LogP contribution in [0, 0.1) is 0 Å². The fourth-order valence-electron chi connectivity index (χ4n) is 5.13. The van der Waals surface area contributed by atoms with Gasteiger partial charge in [0, 0.05) is 29.9 Å². The molecule has 1 atom stereocenters. The number of methoxy groups -OCH3 is 1. The molecule has 1 aromatic heterocycles. The summed E-state index contributed by atoms with van der Waals surface area (Å²) >= 11 is 6.08. The van der Waals surface area contributed by atoms with E-state index in [1.807, 2.05) is 60.7 Å². The van der Waals surface area contributed by atoms with Crippen molar-refractivity contribution in [3.05, 3.63) is 105 Å². The molecule has 37 heavy (non-hydrogen) atoms. The van der Waals surface area contributed by atoms with Gasteiger partial charge in [-0.25, -0.2) is 4.68 Å². The molecular weight excluding hydrogens is 505 g/mol. The van der Waals surface area contributed by atoms with E-state index in [9.17, 15) is 4.79 Å². The molecule has 0 saturated carbocycles. The summed E-state index contributed by atoms with van der Waals surface area (Å²) in [6.07, 6.45) is 4.62. The SMILES string of the molecule is COc1ccc(CCN2CCCC(n3nc(Cc4ccc(Cl)cc4)c4ccccc4c3=O)CC2)cc1.Cl. The Labute approximate surface area is 229 Å². The van der Waals surface area contributed by atoms with Crippen molar-refractivity contribution in [3.8, 4) is 5.75 Å². The number of rotatable bonds is 7. The fourth-order valence-corrected chi connectivity index (χ4v) is 5.26. The molecule has 1 aliphatic heterocycles. The van der Waals surface area contributed by atoms with Gasteiger partial charge in [0.15, 0.2) is 0 Å². The lowest BCUT2D eigenvalue weighted by Crippen LogP contribution is -2.30. The maximum absolute atomic E-state index is 13.5. The number of fused-ring (bicyclic) bond motifs is 1. The van der Waals surface area contributed by atoms with Crippen LogP contribution in [0.15, 0.2) is 77.6 Å². The number of nitrogens with zero attached hydrogens (tertiary/aromatic N) is 3. The van der Waals surface area contributed by atoms with E-state index in [1.54, 1.807) is 11.8 Å². The van der Waals surface area contributed by atoms with E-state index < -0.39 is 0 Å². The average molecular weight is 539 g/mol. The monoisotopic (exact) mass is 537 g/mol. The van der Waals surface area contributed by atoms with Gasteiger partial charge in [-0.2, -0.15) is 5.10 Å². The Morgan fingerprint density at radius 1 is 0.919 bits per heavy atom. The highest BCUT2D eigenvalue weighted by molar-refractivity contribution is 6.30. The maximum Gasteiger partial charge on any atom is 0.274 e. The standard InChI is InChI=1S/C30H32ClN3O2.ClH/c1-36-26-14-10-22(11-15-26)16-19-33-18-4-5-25(17-20-33)34-30(35)28-7-3-2-6-27(28)29(32-34)21-23-8-12-24(31)13-9-23;/h2-3,6-15,25H,4-5,16-21H2,1H3;1H. The van der Waals surface area contributed by atoms with Gasteiger partial charge in [0.1, 0.15) is 5.75 Å². The summed E-state index contributed by atoms with van der Waals surface area (Å²) in [6.45, 7) is 3.03. The van der Waals surface area contributed by atoms with Crippen molar-refractivity contribution in [1.29, 1.82) is 0 Å². The second-order valence-corrected chi connectivity index (χ2v) is 10.0. The molecule has 0 spiro atoms. The van der Waals surface area contributed by atoms with Gasteiger partial charge in [0.25, 0.3) is 5.56 Å². The largest absolute Gasteiger partial charge is 0.497 e. The van der Waals surface area contributed by atoms with Crippen LogP contribution >= 0.6 is 24.0 Å². The normalized spacial score (nSPS) is 16.2. The van der Waals surface area contributed by atoms with Crippen LogP contribution in [0.3, 0.4) is 0 Å². The molecular formula is C30H33Cl2N3O2. The quantitative estimate of drug-likeness (QED) is 0.276. The van der Waals surface area contributed by atoms with Crippen LogP contribution in [0.2, 0.25) is 5.02 Å². The van der Waals surface area contributed by atoms with Crippen molar-refractivity contribution in [3.63, 3.8) is 0 Å². The fraction of sp³-hybridized carbons (Fsp3) is 0.333. The van der Waals surface area contributed by atoms with Gasteiger partial charge in [0.2, 0.25) is 0 Å². The lowest BCUT2D eigenvalue weighted by atomic mass is 10.0. The number of hydrogen-bond acceptors (Lipinski definition) is 4. The molecule has 0 amide bonds. The predicted octanol–water partition coefficient (Wildman–Crippen LogP) is 6.34. The summed E-state index contributed by atoms with van der Waals surface area (Å²) in [5, 5.41) is 7.36. The van der Waals surface area contributed by atoms with Gasteiger partial charge in [-0.1, -0.05) is 54.1 Å². The van der Waals surface area contributed by atoms with Gasteiger partial charge in [-0.3, -0.25) is 4.79 Å². The van der Waals surface area contributed by atoms with Crippen molar-refractivity contribution in [2.24, 2.45) is 0 Å². The first-order valence-electron chi connectivity index (χ1n) is 12.7. The number of aromatic nitrogens is 2. The van der Waals surface area contributed by atoms with E-state index in [0.29, 0.717) is 6.42 Å². The van der Waals surface area contributed by atoms with E-state index in [0.717, 1.165) is 78.1 Å². The second-order valence-electron chi connectivity index (χ2n) is 9.57. The molecule has 194 valence electrons. The Morgan fingerprint density at radius 3 is 2.35 bits per heavy atom. The molecule has 1 unspecified atom stereocenters. The second kappa shape index (κ2) is 12.6. The third kappa shape index (κ3) is 6.53. The van der Waals surface area contributed by atoms with Crippen LogP contribution in [0.4, 0.5) is 0 Å². The van der Waals surface area contributed by atoms with Crippen LogP contribution in [-0.4, -0.2) is 41.4 Å². The zero-order chi connectivity index (χ0) is 24.9. The minimum Gasteiger partial charge on any atom is -0.497 e. The molecule has 0 bridgehead atoms. The van der Waals surface area contributed by atoms with Crippen LogP contribution in [0.1, 0.15) is 42.1 Å². The summed E-state index contributed by atoms with van der Waals surface area (Å²) in [6, 6.07) is 24.1. The summed E-state index contributed by atoms with van der Waals surface area (Å²) in [5.74, 6) is 0.889. The number of benzene rings is 3. The van der Waals surface area contributed by atoms with Crippen LogP contribution < -0.4 is 10.3 Å². The van der Waals surface area contributed by atoms with Gasteiger partial charge < -0.3 is 9.64 Å².